The molecule has 7 nitrogen and oxygen atoms in total. The number of anilines is 2. The molecule has 20 heavy (non-hydrogen) atoms. The second-order valence-electron chi connectivity index (χ2n) is 5.45. The lowest BCUT2D eigenvalue weighted by Crippen LogP contribution is -2.30. The van der Waals surface area contributed by atoms with E-state index >= 15 is 0 Å². The van der Waals surface area contributed by atoms with Gasteiger partial charge >= 0.3 is 0 Å². The van der Waals surface area contributed by atoms with Gasteiger partial charge in [-0.2, -0.15) is 0 Å². The third-order valence-corrected chi connectivity index (χ3v) is 3.55. The molecule has 1 unspecified atom stereocenters. The maximum absolute atomic E-state index is 5.82. The number of nitrogen functional groups attached to an aromatic ring is 2. The van der Waals surface area contributed by atoms with E-state index in [1.165, 1.54) is 0 Å². The molecule has 0 saturated carbocycles. The Morgan fingerprint density at radius 3 is 2.70 bits per heavy atom. The topological polar surface area (TPSA) is 105 Å². The Morgan fingerprint density at radius 2 is 2.05 bits per heavy atom. The van der Waals surface area contributed by atoms with Gasteiger partial charge in [-0.15, -0.1) is 5.10 Å². The first kappa shape index (κ1) is 12.9. The minimum absolute atomic E-state index is 0.212. The zero-order chi connectivity index (χ0) is 14.2. The summed E-state index contributed by atoms with van der Waals surface area (Å²) in [6.07, 6.45) is 2.07. The molecule has 1 atom stereocenters. The average molecular weight is 274 g/mol. The van der Waals surface area contributed by atoms with Crippen LogP contribution in [0.4, 0.5) is 11.4 Å². The monoisotopic (exact) mass is 274 g/mol. The van der Waals surface area contributed by atoms with Crippen LogP contribution >= 0.6 is 0 Å². The van der Waals surface area contributed by atoms with E-state index in [1.54, 1.807) is 10.7 Å². The lowest BCUT2D eigenvalue weighted by molar-refractivity contribution is 0.00356. The van der Waals surface area contributed by atoms with Crippen molar-refractivity contribution in [2.45, 2.75) is 31.9 Å². The molecule has 1 aromatic carbocycles. The molecule has 1 aliphatic rings. The van der Waals surface area contributed by atoms with E-state index in [1.807, 2.05) is 12.1 Å². The Labute approximate surface area is 116 Å². The summed E-state index contributed by atoms with van der Waals surface area (Å²) in [5.41, 5.74) is 13.4. The van der Waals surface area contributed by atoms with Crippen LogP contribution in [0.2, 0.25) is 0 Å². The highest BCUT2D eigenvalue weighted by atomic mass is 16.5. The number of hydrogen-bond donors (Lipinski definition) is 2. The zero-order valence-electron chi connectivity index (χ0n) is 11.4. The molecule has 3 rings (SSSR count). The van der Waals surface area contributed by atoms with Crippen molar-refractivity contribution in [3.8, 4) is 11.4 Å². The lowest BCUT2D eigenvalue weighted by Gasteiger charge is -2.23. The average Bonchev–Trinajstić information content (AvgIpc) is 2.98. The van der Waals surface area contributed by atoms with E-state index in [0.717, 1.165) is 25.0 Å². The van der Waals surface area contributed by atoms with Crippen molar-refractivity contribution < 1.29 is 4.74 Å². The quantitative estimate of drug-likeness (QED) is 0.811. The SMILES string of the molecule is CC1(Cn2nnnc2-c2cc(N)cc(N)c2)CCCO1. The number of nitrogens with two attached hydrogens (primary N) is 2. The summed E-state index contributed by atoms with van der Waals surface area (Å²) in [4.78, 5) is 0. The normalized spacial score (nSPS) is 22.2. The highest BCUT2D eigenvalue weighted by molar-refractivity contribution is 5.67. The first-order chi connectivity index (χ1) is 9.56. The molecule has 4 N–H and O–H groups in total. The van der Waals surface area contributed by atoms with Crippen LogP contribution in [0.3, 0.4) is 0 Å². The highest BCUT2D eigenvalue weighted by Crippen LogP contribution is 2.29. The Balaban J connectivity index is 1.93. The summed E-state index contributed by atoms with van der Waals surface area (Å²) in [5.74, 6) is 0.653. The molecular formula is C13H18N6O. The van der Waals surface area contributed by atoms with Crippen molar-refractivity contribution in [2.75, 3.05) is 18.1 Å². The lowest BCUT2D eigenvalue weighted by atomic mass is 10.0. The second-order valence-corrected chi connectivity index (χ2v) is 5.45. The van der Waals surface area contributed by atoms with E-state index in [-0.39, 0.29) is 5.60 Å². The summed E-state index contributed by atoms with van der Waals surface area (Å²) in [5, 5.41) is 11.9. The summed E-state index contributed by atoms with van der Waals surface area (Å²) >= 11 is 0. The molecule has 7 heteroatoms. The van der Waals surface area contributed by atoms with Gasteiger partial charge in [0.05, 0.1) is 12.1 Å². The first-order valence-electron chi connectivity index (χ1n) is 6.62. The van der Waals surface area contributed by atoms with Crippen molar-refractivity contribution in [1.82, 2.24) is 20.2 Å². The number of benzene rings is 1. The third-order valence-electron chi connectivity index (χ3n) is 3.55. The van der Waals surface area contributed by atoms with Gasteiger partial charge in [0.15, 0.2) is 5.82 Å². The fraction of sp³-hybridized carbons (Fsp3) is 0.462. The van der Waals surface area contributed by atoms with E-state index in [0.29, 0.717) is 23.7 Å². The van der Waals surface area contributed by atoms with E-state index in [2.05, 4.69) is 22.4 Å². The van der Waals surface area contributed by atoms with E-state index in [9.17, 15) is 0 Å². The van der Waals surface area contributed by atoms with Gasteiger partial charge in [0, 0.05) is 23.5 Å². The van der Waals surface area contributed by atoms with Crippen LogP contribution in [0.5, 0.6) is 0 Å². The van der Waals surface area contributed by atoms with Crippen molar-refractivity contribution >= 4 is 11.4 Å². The molecule has 2 aromatic rings. The smallest absolute Gasteiger partial charge is 0.182 e. The van der Waals surface area contributed by atoms with Gasteiger partial charge in [0.1, 0.15) is 0 Å². The fourth-order valence-electron chi connectivity index (χ4n) is 2.60. The van der Waals surface area contributed by atoms with Crippen LogP contribution in [0, 0.1) is 0 Å². The summed E-state index contributed by atoms with van der Waals surface area (Å²) in [6.45, 7) is 3.49. The number of rotatable bonds is 3. The third kappa shape index (κ3) is 2.44. The van der Waals surface area contributed by atoms with Crippen LogP contribution in [0.15, 0.2) is 18.2 Å². The zero-order valence-corrected chi connectivity index (χ0v) is 11.4. The van der Waals surface area contributed by atoms with Crippen molar-refractivity contribution in [3.63, 3.8) is 0 Å². The number of tetrazole rings is 1. The standard InChI is InChI=1S/C13H18N6O/c1-13(3-2-4-20-13)8-19-12(16-17-18-19)9-5-10(14)7-11(15)6-9/h5-7H,2-4,8,14-15H2,1H3. The Bertz CT molecular complexity index is 597. The predicted octanol–water partition coefficient (Wildman–Crippen LogP) is 1.07. The molecule has 0 radical (unpaired) electrons. The minimum Gasteiger partial charge on any atom is -0.399 e. The van der Waals surface area contributed by atoms with Gasteiger partial charge in [0.25, 0.3) is 0 Å². The largest absolute Gasteiger partial charge is 0.399 e. The number of ether oxygens (including phenoxy) is 1. The molecule has 1 aromatic heterocycles. The maximum atomic E-state index is 5.82. The molecule has 1 saturated heterocycles. The maximum Gasteiger partial charge on any atom is 0.182 e. The Morgan fingerprint density at radius 1 is 1.30 bits per heavy atom. The van der Waals surface area contributed by atoms with Gasteiger partial charge < -0.3 is 16.2 Å². The molecule has 0 amide bonds. The molecule has 1 fully saturated rings. The van der Waals surface area contributed by atoms with Gasteiger partial charge in [-0.05, 0) is 48.4 Å². The Hall–Kier alpha value is -2.15. The van der Waals surface area contributed by atoms with Crippen molar-refractivity contribution in [3.05, 3.63) is 18.2 Å². The van der Waals surface area contributed by atoms with Gasteiger partial charge in [-0.1, -0.05) is 0 Å². The van der Waals surface area contributed by atoms with Crippen molar-refractivity contribution in [1.29, 1.82) is 0 Å². The van der Waals surface area contributed by atoms with E-state index in [4.69, 9.17) is 16.2 Å². The molecule has 0 spiro atoms. The van der Waals surface area contributed by atoms with Crippen LogP contribution in [-0.4, -0.2) is 32.4 Å². The number of aromatic nitrogens is 4. The fourth-order valence-corrected chi connectivity index (χ4v) is 2.60. The first-order valence-corrected chi connectivity index (χ1v) is 6.62. The molecule has 2 heterocycles. The molecule has 0 aliphatic carbocycles. The Kier molecular flexibility index (Phi) is 3.06. The van der Waals surface area contributed by atoms with Crippen LogP contribution in [-0.2, 0) is 11.3 Å². The number of hydrogen-bond acceptors (Lipinski definition) is 6. The van der Waals surface area contributed by atoms with Crippen molar-refractivity contribution in [2.24, 2.45) is 0 Å². The summed E-state index contributed by atoms with van der Waals surface area (Å²) in [7, 11) is 0. The van der Waals surface area contributed by atoms with Crippen LogP contribution in [0.1, 0.15) is 19.8 Å². The van der Waals surface area contributed by atoms with Gasteiger partial charge in [-0.25, -0.2) is 4.68 Å². The van der Waals surface area contributed by atoms with Crippen LogP contribution in [0.25, 0.3) is 11.4 Å². The highest BCUT2D eigenvalue weighted by Gasteiger charge is 2.31. The predicted molar refractivity (Wildman–Crippen MR) is 75.7 cm³/mol. The molecule has 106 valence electrons. The summed E-state index contributed by atoms with van der Waals surface area (Å²) < 4.78 is 7.54. The molecular weight excluding hydrogens is 256 g/mol. The number of nitrogens with zero attached hydrogens (tertiary/aromatic N) is 4. The minimum atomic E-state index is -0.212. The molecule has 0 bridgehead atoms. The van der Waals surface area contributed by atoms with Crippen LogP contribution < -0.4 is 11.5 Å². The second kappa shape index (κ2) is 4.75. The summed E-state index contributed by atoms with van der Waals surface area (Å²) in [6, 6.07) is 5.34. The van der Waals surface area contributed by atoms with Gasteiger partial charge in [-0.3, -0.25) is 0 Å². The van der Waals surface area contributed by atoms with E-state index < -0.39 is 0 Å². The van der Waals surface area contributed by atoms with Gasteiger partial charge in [0.2, 0.25) is 0 Å². The molecule has 1 aliphatic heterocycles.